The van der Waals surface area contributed by atoms with Crippen LogP contribution in [0, 0.1) is 28.6 Å². The number of H-pyrrole nitrogens is 1. The van der Waals surface area contributed by atoms with Crippen molar-refractivity contribution >= 4 is 29.2 Å². The molecule has 0 aliphatic carbocycles. The van der Waals surface area contributed by atoms with Crippen LogP contribution in [0.4, 0.5) is 5.82 Å². The minimum Gasteiger partial charge on any atom is -0.343 e. The zero-order chi connectivity index (χ0) is 21.5. The molecular formula is C20H19BN6O2S. The largest absolute Gasteiger partial charge is 0.343 e. The molecule has 1 unspecified atom stereocenters. The number of sulfonamides is 1. The molecule has 1 aromatic heterocycles. The molecule has 150 valence electrons. The Balaban J connectivity index is 1.78. The molecule has 1 aromatic carbocycles. The van der Waals surface area contributed by atoms with Gasteiger partial charge in [-0.15, -0.1) is 0 Å². The lowest BCUT2D eigenvalue weighted by Gasteiger charge is -2.35. The number of nitrogens with zero attached hydrogens (tertiary/aromatic N) is 4. The molecule has 2 aliphatic rings. The van der Waals surface area contributed by atoms with Gasteiger partial charge in [0, 0.05) is 35.8 Å². The van der Waals surface area contributed by atoms with E-state index in [1.54, 1.807) is 18.3 Å². The zero-order valence-corrected chi connectivity index (χ0v) is 17.2. The second-order valence-corrected chi connectivity index (χ2v) is 9.54. The van der Waals surface area contributed by atoms with Gasteiger partial charge in [0.2, 0.25) is 10.0 Å². The third-order valence-electron chi connectivity index (χ3n) is 5.84. The molecule has 3 heterocycles. The summed E-state index contributed by atoms with van der Waals surface area (Å²) in [4.78, 5) is 0. The third-order valence-corrected chi connectivity index (χ3v) is 7.14. The van der Waals surface area contributed by atoms with E-state index in [0.717, 1.165) is 11.3 Å². The predicted octanol–water partition coefficient (Wildman–Crippen LogP) is 1.08. The minimum absolute atomic E-state index is 0.00280. The van der Waals surface area contributed by atoms with Gasteiger partial charge in [0.1, 0.15) is 13.7 Å². The van der Waals surface area contributed by atoms with Crippen molar-refractivity contribution in [2.45, 2.75) is 18.8 Å². The van der Waals surface area contributed by atoms with Gasteiger partial charge in [-0.05, 0) is 24.5 Å². The van der Waals surface area contributed by atoms with Crippen molar-refractivity contribution in [2.75, 3.05) is 24.7 Å². The Labute approximate surface area is 176 Å². The SMILES string of the molecule is [B]c1c(C#N)cccc1C1C(C#N)=C(C2CCN(S(C)(=O)=O)CC2)Nc2[nH]ncc21. The quantitative estimate of drug-likeness (QED) is 0.719. The highest BCUT2D eigenvalue weighted by molar-refractivity contribution is 7.88. The summed E-state index contributed by atoms with van der Waals surface area (Å²) in [6, 6.07) is 9.66. The van der Waals surface area contributed by atoms with Crippen LogP contribution in [0.25, 0.3) is 0 Å². The van der Waals surface area contributed by atoms with E-state index in [1.807, 2.05) is 6.07 Å². The normalized spacial score (nSPS) is 20.2. The van der Waals surface area contributed by atoms with Crippen molar-refractivity contribution in [2.24, 2.45) is 5.92 Å². The standard InChI is InChI=1S/C20H19BN6O2S/c1-30(28,29)27-7-5-12(6-8-27)19-15(10-23)17(16-11-24-26-20(16)25-19)14-4-2-3-13(9-22)18(14)21/h2-4,11-12,17H,5-8H2,1H3,(H2,24,25,26). The number of aromatic nitrogens is 2. The molecule has 1 atom stereocenters. The van der Waals surface area contributed by atoms with Gasteiger partial charge < -0.3 is 5.32 Å². The van der Waals surface area contributed by atoms with Crippen molar-refractivity contribution in [1.82, 2.24) is 14.5 Å². The summed E-state index contributed by atoms with van der Waals surface area (Å²) < 4.78 is 25.2. The van der Waals surface area contributed by atoms with Crippen LogP contribution in [0.15, 0.2) is 35.7 Å². The molecular weight excluding hydrogens is 399 g/mol. The van der Waals surface area contributed by atoms with Gasteiger partial charge in [-0.3, -0.25) is 5.10 Å². The molecule has 30 heavy (non-hydrogen) atoms. The Morgan fingerprint density at radius 2 is 1.93 bits per heavy atom. The van der Waals surface area contributed by atoms with Gasteiger partial charge in [0.05, 0.1) is 36.1 Å². The molecule has 0 bridgehead atoms. The number of piperidine rings is 1. The Bertz CT molecular complexity index is 1210. The monoisotopic (exact) mass is 418 g/mol. The molecule has 10 heteroatoms. The van der Waals surface area contributed by atoms with Crippen LogP contribution < -0.4 is 10.8 Å². The fourth-order valence-electron chi connectivity index (χ4n) is 4.31. The Morgan fingerprint density at radius 3 is 2.57 bits per heavy atom. The van der Waals surface area contributed by atoms with Crippen LogP contribution in [0.2, 0.25) is 0 Å². The van der Waals surface area contributed by atoms with E-state index in [4.69, 9.17) is 7.85 Å². The van der Waals surface area contributed by atoms with Crippen LogP contribution in [-0.2, 0) is 10.0 Å². The average Bonchev–Trinajstić information content (AvgIpc) is 3.20. The summed E-state index contributed by atoms with van der Waals surface area (Å²) in [6.45, 7) is 0.805. The molecule has 8 nitrogen and oxygen atoms in total. The molecule has 1 saturated heterocycles. The molecule has 2 N–H and O–H groups in total. The highest BCUT2D eigenvalue weighted by Gasteiger charge is 2.36. The molecule has 0 amide bonds. The summed E-state index contributed by atoms with van der Waals surface area (Å²) in [5, 5.41) is 29.8. The molecule has 4 rings (SSSR count). The van der Waals surface area contributed by atoms with E-state index < -0.39 is 15.9 Å². The first kappa shape index (κ1) is 20.2. The average molecular weight is 418 g/mol. The number of nitriles is 2. The summed E-state index contributed by atoms with van der Waals surface area (Å²) in [6.07, 6.45) is 4.07. The van der Waals surface area contributed by atoms with E-state index in [2.05, 4.69) is 27.7 Å². The zero-order valence-electron chi connectivity index (χ0n) is 16.4. The van der Waals surface area contributed by atoms with Crippen LogP contribution >= 0.6 is 0 Å². The topological polar surface area (TPSA) is 126 Å². The minimum atomic E-state index is -3.24. The fourth-order valence-corrected chi connectivity index (χ4v) is 5.18. The van der Waals surface area contributed by atoms with Gasteiger partial charge in [0.25, 0.3) is 0 Å². The van der Waals surface area contributed by atoms with Crippen molar-refractivity contribution < 1.29 is 8.42 Å². The van der Waals surface area contributed by atoms with Gasteiger partial charge in [-0.25, -0.2) is 12.7 Å². The number of anilines is 1. The molecule has 2 aliphatic heterocycles. The molecule has 0 saturated carbocycles. The first-order valence-corrected chi connectivity index (χ1v) is 11.4. The Hall–Kier alpha value is -3.08. The Morgan fingerprint density at radius 1 is 1.20 bits per heavy atom. The number of fused-ring (bicyclic) bond motifs is 1. The second kappa shape index (κ2) is 7.64. The van der Waals surface area contributed by atoms with E-state index in [9.17, 15) is 18.9 Å². The van der Waals surface area contributed by atoms with Gasteiger partial charge in [0.15, 0.2) is 0 Å². The number of allylic oxidation sites excluding steroid dienone is 2. The summed E-state index contributed by atoms with van der Waals surface area (Å²) in [5.41, 5.74) is 3.44. The maximum atomic E-state index is 11.8. The molecule has 2 aromatic rings. The van der Waals surface area contributed by atoms with Gasteiger partial charge >= 0.3 is 0 Å². The summed E-state index contributed by atoms with van der Waals surface area (Å²) >= 11 is 0. The van der Waals surface area contributed by atoms with Crippen molar-refractivity contribution in [3.63, 3.8) is 0 Å². The van der Waals surface area contributed by atoms with Crippen LogP contribution in [0.5, 0.6) is 0 Å². The number of hydrogen-bond acceptors (Lipinski definition) is 6. The lowest BCUT2D eigenvalue weighted by Crippen LogP contribution is -2.39. The number of benzene rings is 1. The van der Waals surface area contributed by atoms with Crippen LogP contribution in [0.1, 0.15) is 35.4 Å². The fraction of sp³-hybridized carbons (Fsp3) is 0.350. The van der Waals surface area contributed by atoms with E-state index in [-0.39, 0.29) is 5.92 Å². The lowest BCUT2D eigenvalue weighted by atomic mass is 9.73. The van der Waals surface area contributed by atoms with E-state index in [0.29, 0.717) is 53.9 Å². The second-order valence-electron chi connectivity index (χ2n) is 7.55. The number of aromatic amines is 1. The first-order chi connectivity index (χ1) is 14.3. The third kappa shape index (κ3) is 3.38. The number of rotatable bonds is 3. The van der Waals surface area contributed by atoms with Crippen LogP contribution in [0.3, 0.4) is 0 Å². The van der Waals surface area contributed by atoms with E-state index >= 15 is 0 Å². The maximum Gasteiger partial charge on any atom is 0.211 e. The summed E-state index contributed by atoms with van der Waals surface area (Å²) in [5.74, 6) is 0.222. The highest BCUT2D eigenvalue weighted by Crippen LogP contribution is 2.43. The lowest BCUT2D eigenvalue weighted by molar-refractivity contribution is 0.299. The summed E-state index contributed by atoms with van der Waals surface area (Å²) in [7, 11) is 3.04. The molecule has 0 spiro atoms. The maximum absolute atomic E-state index is 11.8. The number of hydrogen-bond donors (Lipinski definition) is 2. The molecule has 1 fully saturated rings. The van der Waals surface area contributed by atoms with Crippen molar-refractivity contribution in [3.8, 4) is 12.1 Å². The van der Waals surface area contributed by atoms with Gasteiger partial charge in [-0.2, -0.15) is 15.6 Å². The van der Waals surface area contributed by atoms with Crippen LogP contribution in [-0.4, -0.2) is 50.1 Å². The van der Waals surface area contributed by atoms with E-state index in [1.165, 1.54) is 10.6 Å². The van der Waals surface area contributed by atoms with Crippen molar-refractivity contribution in [3.05, 3.63) is 52.4 Å². The van der Waals surface area contributed by atoms with Gasteiger partial charge in [-0.1, -0.05) is 17.6 Å². The smallest absolute Gasteiger partial charge is 0.211 e. The Kier molecular flexibility index (Phi) is 5.14. The molecule has 2 radical (unpaired) electrons. The predicted molar refractivity (Wildman–Crippen MR) is 112 cm³/mol. The first-order valence-electron chi connectivity index (χ1n) is 9.53. The highest BCUT2D eigenvalue weighted by atomic mass is 32.2. The number of nitrogens with one attached hydrogen (secondary N) is 2. The van der Waals surface area contributed by atoms with Crippen molar-refractivity contribution in [1.29, 1.82) is 10.5 Å².